The molecule has 3 nitrogen and oxygen atoms in total. The Morgan fingerprint density at radius 1 is 1.00 bits per heavy atom. The van der Waals surface area contributed by atoms with Crippen molar-refractivity contribution in [3.8, 4) is 0 Å². The highest BCUT2D eigenvalue weighted by atomic mass is 32.1. The van der Waals surface area contributed by atoms with Crippen LogP contribution in [-0.2, 0) is 0 Å². The van der Waals surface area contributed by atoms with Crippen LogP contribution in [0.4, 0.5) is 21.5 Å². The summed E-state index contributed by atoms with van der Waals surface area (Å²) in [5.74, 6) is -0.462. The molecular formula is C21H15FN2OS. The fourth-order valence-corrected chi connectivity index (χ4v) is 3.48. The van der Waals surface area contributed by atoms with Gasteiger partial charge >= 0.3 is 0 Å². The molecule has 0 radical (unpaired) electrons. The van der Waals surface area contributed by atoms with Gasteiger partial charge in [-0.1, -0.05) is 30.8 Å². The molecule has 0 atom stereocenters. The Balaban J connectivity index is 1.93. The van der Waals surface area contributed by atoms with Crippen LogP contribution in [0.1, 0.15) is 27.0 Å². The van der Waals surface area contributed by atoms with Gasteiger partial charge in [0, 0.05) is 21.7 Å². The molecule has 0 saturated heterocycles. The van der Waals surface area contributed by atoms with Crippen LogP contribution < -0.4 is 11.1 Å². The molecule has 1 aliphatic carbocycles. The number of nitrogens with two attached hydrogens (primary N) is 1. The summed E-state index contributed by atoms with van der Waals surface area (Å²) in [5.41, 5.74) is 10.9. The van der Waals surface area contributed by atoms with Crippen LogP contribution in [0.5, 0.6) is 0 Å². The van der Waals surface area contributed by atoms with Crippen LogP contribution in [-0.4, -0.2) is 5.78 Å². The normalized spacial score (nSPS) is 12.5. The second-order valence-electron chi connectivity index (χ2n) is 6.09. The van der Waals surface area contributed by atoms with E-state index in [-0.39, 0.29) is 11.6 Å². The first kappa shape index (κ1) is 16.4. The van der Waals surface area contributed by atoms with Gasteiger partial charge in [-0.3, -0.25) is 4.79 Å². The first-order chi connectivity index (χ1) is 12.5. The van der Waals surface area contributed by atoms with Crippen LogP contribution in [0.15, 0.2) is 66.1 Å². The zero-order valence-corrected chi connectivity index (χ0v) is 14.6. The number of hydrogen-bond acceptors (Lipinski definition) is 4. The summed E-state index contributed by atoms with van der Waals surface area (Å²) >= 11 is 4.45. The van der Waals surface area contributed by atoms with Crippen molar-refractivity contribution >= 4 is 41.0 Å². The summed E-state index contributed by atoms with van der Waals surface area (Å²) < 4.78 is 13.2. The lowest BCUT2D eigenvalue weighted by atomic mass is 9.80. The second-order valence-corrected chi connectivity index (χ2v) is 6.57. The molecule has 0 aliphatic heterocycles. The van der Waals surface area contributed by atoms with E-state index in [1.54, 1.807) is 24.3 Å². The Morgan fingerprint density at radius 3 is 2.35 bits per heavy atom. The van der Waals surface area contributed by atoms with Gasteiger partial charge in [0.2, 0.25) is 0 Å². The average molecular weight is 362 g/mol. The summed E-state index contributed by atoms with van der Waals surface area (Å²) in [6.45, 7) is 4.15. The van der Waals surface area contributed by atoms with Crippen LogP contribution >= 0.6 is 12.6 Å². The molecule has 0 aromatic heterocycles. The van der Waals surface area contributed by atoms with Crippen LogP contribution in [0.2, 0.25) is 0 Å². The van der Waals surface area contributed by atoms with Crippen molar-refractivity contribution in [2.24, 2.45) is 0 Å². The number of carbonyl (C=O) groups is 1. The topological polar surface area (TPSA) is 55.1 Å². The third-order valence-electron chi connectivity index (χ3n) is 4.49. The number of nitrogens with one attached hydrogen (secondary N) is 1. The monoisotopic (exact) mass is 362 g/mol. The van der Waals surface area contributed by atoms with Gasteiger partial charge in [-0.25, -0.2) is 4.39 Å². The quantitative estimate of drug-likeness (QED) is 0.346. The van der Waals surface area contributed by atoms with Crippen molar-refractivity contribution in [2.45, 2.75) is 4.90 Å². The van der Waals surface area contributed by atoms with Crippen LogP contribution in [0.25, 0.3) is 5.57 Å². The van der Waals surface area contributed by atoms with E-state index in [2.05, 4.69) is 24.5 Å². The molecule has 3 aromatic carbocycles. The Hall–Kier alpha value is -3.05. The van der Waals surface area contributed by atoms with Gasteiger partial charge < -0.3 is 11.1 Å². The Bertz CT molecular complexity index is 1070. The molecule has 0 unspecified atom stereocenters. The van der Waals surface area contributed by atoms with E-state index in [1.165, 1.54) is 12.1 Å². The zero-order chi connectivity index (χ0) is 18.4. The summed E-state index contributed by atoms with van der Waals surface area (Å²) in [5, 5.41) is 3.18. The molecule has 1 aliphatic rings. The molecule has 128 valence electrons. The van der Waals surface area contributed by atoms with Gasteiger partial charge in [-0.05, 0) is 41.5 Å². The van der Waals surface area contributed by atoms with E-state index in [4.69, 9.17) is 5.73 Å². The SMILES string of the molecule is C=C1c2ccccc2C(=O)c2c(Nc3ccc(F)cc3)cc(S)c(N)c21. The predicted octanol–water partition coefficient (Wildman–Crippen LogP) is 5.05. The van der Waals surface area contributed by atoms with Crippen molar-refractivity contribution < 1.29 is 9.18 Å². The lowest BCUT2D eigenvalue weighted by Crippen LogP contribution is -2.18. The lowest BCUT2D eigenvalue weighted by molar-refractivity contribution is 0.103. The summed E-state index contributed by atoms with van der Waals surface area (Å²) in [7, 11) is 0. The molecule has 3 aromatic rings. The molecule has 3 N–H and O–H groups in total. The fourth-order valence-electron chi connectivity index (χ4n) is 3.23. The minimum Gasteiger partial charge on any atom is -0.397 e. The van der Waals surface area contributed by atoms with Gasteiger partial charge in [0.15, 0.2) is 5.78 Å². The maximum absolute atomic E-state index is 13.2. The first-order valence-corrected chi connectivity index (χ1v) is 8.43. The van der Waals surface area contributed by atoms with E-state index >= 15 is 0 Å². The largest absolute Gasteiger partial charge is 0.397 e. The van der Waals surface area contributed by atoms with Crippen LogP contribution in [0.3, 0.4) is 0 Å². The number of benzene rings is 3. The molecule has 0 saturated carbocycles. The maximum atomic E-state index is 13.2. The molecule has 0 amide bonds. The molecule has 5 heteroatoms. The second kappa shape index (κ2) is 6.04. The highest BCUT2D eigenvalue weighted by Crippen LogP contribution is 2.44. The number of rotatable bonds is 2. The molecular weight excluding hydrogens is 347 g/mol. The minimum atomic E-state index is -0.330. The molecule has 4 rings (SSSR count). The van der Waals surface area contributed by atoms with Gasteiger partial charge in [0.1, 0.15) is 5.82 Å². The molecule has 0 heterocycles. The molecule has 0 bridgehead atoms. The Labute approximate surface area is 155 Å². The lowest BCUT2D eigenvalue weighted by Gasteiger charge is -2.26. The minimum absolute atomic E-state index is 0.132. The molecule has 26 heavy (non-hydrogen) atoms. The third kappa shape index (κ3) is 2.48. The Morgan fingerprint density at radius 2 is 1.65 bits per heavy atom. The average Bonchev–Trinajstić information content (AvgIpc) is 2.64. The standard InChI is InChI=1S/C21H15FN2OS/c1-11-14-4-2-3-5-15(14)21(25)19-16(10-17(26)20(23)18(11)19)24-13-8-6-12(22)7-9-13/h2-10,24,26H,1,23H2. The highest BCUT2D eigenvalue weighted by Gasteiger charge is 2.31. The van der Waals surface area contributed by atoms with Gasteiger partial charge in [0.25, 0.3) is 0 Å². The fraction of sp³-hybridized carbons (Fsp3) is 0. The zero-order valence-electron chi connectivity index (χ0n) is 13.7. The number of ketones is 1. The van der Waals surface area contributed by atoms with Crippen LogP contribution in [0, 0.1) is 5.82 Å². The Kier molecular flexibility index (Phi) is 3.81. The van der Waals surface area contributed by atoms with Crippen molar-refractivity contribution in [1.82, 2.24) is 0 Å². The molecule has 0 fully saturated rings. The van der Waals surface area contributed by atoms with Crippen molar-refractivity contribution in [3.63, 3.8) is 0 Å². The highest BCUT2D eigenvalue weighted by molar-refractivity contribution is 7.80. The first-order valence-electron chi connectivity index (χ1n) is 7.99. The van der Waals surface area contributed by atoms with E-state index in [0.717, 1.165) is 5.56 Å². The maximum Gasteiger partial charge on any atom is 0.196 e. The predicted molar refractivity (Wildman–Crippen MR) is 106 cm³/mol. The summed E-state index contributed by atoms with van der Waals surface area (Å²) in [6.07, 6.45) is 0. The van der Waals surface area contributed by atoms with Gasteiger partial charge in [-0.2, -0.15) is 0 Å². The van der Waals surface area contributed by atoms with Gasteiger partial charge in [0.05, 0.1) is 16.9 Å². The van der Waals surface area contributed by atoms with Crippen molar-refractivity contribution in [2.75, 3.05) is 11.1 Å². The number of hydrogen-bond donors (Lipinski definition) is 3. The van der Waals surface area contributed by atoms with E-state index in [9.17, 15) is 9.18 Å². The number of anilines is 3. The van der Waals surface area contributed by atoms with E-state index < -0.39 is 0 Å². The number of thiol groups is 1. The van der Waals surface area contributed by atoms with E-state index in [0.29, 0.717) is 44.2 Å². The van der Waals surface area contributed by atoms with Crippen molar-refractivity contribution in [1.29, 1.82) is 0 Å². The van der Waals surface area contributed by atoms with Gasteiger partial charge in [-0.15, -0.1) is 12.6 Å². The number of halogens is 1. The smallest absolute Gasteiger partial charge is 0.196 e. The number of fused-ring (bicyclic) bond motifs is 2. The summed E-state index contributed by atoms with van der Waals surface area (Å²) in [6, 6.07) is 14.9. The number of nitrogen functional groups attached to an aromatic ring is 1. The summed E-state index contributed by atoms with van der Waals surface area (Å²) in [4.78, 5) is 13.7. The number of carbonyl (C=O) groups excluding carboxylic acids is 1. The van der Waals surface area contributed by atoms with E-state index in [1.807, 2.05) is 18.2 Å². The third-order valence-corrected chi connectivity index (χ3v) is 4.86. The van der Waals surface area contributed by atoms with Crippen molar-refractivity contribution in [3.05, 3.63) is 89.2 Å². The molecule has 0 spiro atoms.